The van der Waals surface area contributed by atoms with Crippen molar-refractivity contribution in [3.05, 3.63) is 119 Å². The predicted octanol–water partition coefficient (Wildman–Crippen LogP) is 9.64. The number of carbonyl (C=O) groups is 1. The topological polar surface area (TPSA) is 230 Å². The number of nitrogens with zero attached hydrogens (tertiary/aromatic N) is 2. The van der Waals surface area contributed by atoms with Crippen molar-refractivity contribution in [2.24, 2.45) is 0 Å². The fraction of sp³-hybridized carbons (Fsp3) is 0.409. The fourth-order valence-electron chi connectivity index (χ4n) is 8.57. The van der Waals surface area contributed by atoms with Gasteiger partial charge in [-0.2, -0.15) is 21.4 Å². The molecule has 0 aliphatic carbocycles. The fourth-order valence-corrected chi connectivity index (χ4v) is 10.5. The van der Waals surface area contributed by atoms with Crippen LogP contribution in [0.15, 0.2) is 113 Å². The Hall–Kier alpha value is -3.90. The maximum atomic E-state index is 12.4. The minimum absolute atomic E-state index is 0.0325. The molecule has 2 aliphatic rings. The zero-order valence-electron chi connectivity index (χ0n) is 35.6. The number of hydrogen-bond donors (Lipinski definition) is 5. The van der Waals surface area contributed by atoms with Crippen LogP contribution in [0.5, 0.6) is 0 Å². The summed E-state index contributed by atoms with van der Waals surface area (Å²) in [6, 6.07) is 20.4. The maximum absolute atomic E-state index is 12.4. The van der Waals surface area contributed by atoms with Crippen LogP contribution in [0, 0.1) is 0 Å². The highest BCUT2D eigenvalue weighted by molar-refractivity contribution is 7.94. The van der Waals surface area contributed by atoms with Crippen molar-refractivity contribution >= 4 is 67.4 Å². The molecule has 2 unspecified atom stereocenters. The Morgan fingerprint density at radius 3 is 2.23 bits per heavy atom. The van der Waals surface area contributed by atoms with Crippen molar-refractivity contribution in [3.63, 3.8) is 0 Å². The lowest BCUT2D eigenvalue weighted by Gasteiger charge is -2.30. The quantitative estimate of drug-likeness (QED) is 0.00910. The molecule has 0 saturated heterocycles. The second-order valence-electron chi connectivity index (χ2n) is 16.0. The lowest BCUT2D eigenvalue weighted by Crippen LogP contribution is -2.31. The van der Waals surface area contributed by atoms with Gasteiger partial charge in [-0.1, -0.05) is 77.9 Å². The molecule has 16 nitrogen and oxygen atoms in total. The highest BCUT2D eigenvalue weighted by Gasteiger charge is 2.48. The minimum Gasteiger partial charge on any atom is -0.481 e. The Morgan fingerprint density at radius 2 is 1.53 bits per heavy atom. The first-order valence-corrected chi connectivity index (χ1v) is 25.4. The molecule has 5 rings (SSSR count). The van der Waals surface area contributed by atoms with Gasteiger partial charge in [0.25, 0.3) is 20.2 Å². The minimum atomic E-state index is -4.57. The van der Waals surface area contributed by atoms with E-state index in [2.05, 4.69) is 49.0 Å². The van der Waals surface area contributed by atoms with E-state index in [1.165, 1.54) is 12.1 Å². The second kappa shape index (κ2) is 23.5. The number of carboxylic acid groups (broad SMARTS) is 1. The van der Waals surface area contributed by atoms with Crippen molar-refractivity contribution in [3.8, 4) is 0 Å². The summed E-state index contributed by atoms with van der Waals surface area (Å²) in [6.45, 7) is 5.17. The summed E-state index contributed by atoms with van der Waals surface area (Å²) < 4.78 is 79.1. The van der Waals surface area contributed by atoms with Crippen LogP contribution >= 0.6 is 24.1 Å². The lowest BCUT2D eigenvalue weighted by molar-refractivity contribution is -0.455. The third-order valence-electron chi connectivity index (χ3n) is 11.6. The summed E-state index contributed by atoms with van der Waals surface area (Å²) in [4.78, 5) is 13.7. The second-order valence-corrected chi connectivity index (χ2v) is 20.5. The van der Waals surface area contributed by atoms with Gasteiger partial charge in [0.15, 0.2) is 12.3 Å². The number of hydrogen-bond acceptors (Lipinski definition) is 14. The normalized spacial score (nSPS) is 19.4. The molecule has 2 atom stereocenters. The number of rotatable bonds is 27. The molecule has 0 aromatic heterocycles. The Morgan fingerprint density at radius 1 is 0.797 bits per heavy atom. The molecule has 0 saturated carbocycles. The summed E-state index contributed by atoms with van der Waals surface area (Å²) in [5.41, 5.74) is 4.92. The van der Waals surface area contributed by atoms with E-state index >= 15 is 0 Å². The first kappa shape index (κ1) is 51.1. The van der Waals surface area contributed by atoms with E-state index in [0.29, 0.717) is 67.1 Å². The van der Waals surface area contributed by atoms with Gasteiger partial charge in [0.2, 0.25) is 5.69 Å². The maximum Gasteiger partial charge on any atom is 0.303 e. The standard InChI is InChI=1S/C44H54N2O14S4/c1-43(25-11-14-28-61-59-57-49)36-30-34(62-60-58-50)21-23-39(36)46(32-33-16-6-3-7-17-33)41(43)19-9-4-8-18-40-44(2,26-12-15-29-63(51,52)53)37-31-35(64(54,55)56)22-24-38(37)45(40)27-13-5-10-20-42(47)48/h3-4,6-9,16-19,21-24,30-31H,5,10-15,20,25-29,32H2,1-2H3,(H4-,47,48,49,50,51,52,53,54,55,56)/p+1. The number of allylic oxidation sites excluding steroid dienone is 6. The zero-order chi connectivity index (χ0) is 46.4. The molecule has 0 fully saturated rings. The zero-order valence-corrected chi connectivity index (χ0v) is 38.8. The molecule has 2 aliphatic heterocycles. The number of fused-ring (bicyclic) bond motifs is 2. The molecule has 0 bridgehead atoms. The Balaban J connectivity index is 1.56. The first-order chi connectivity index (χ1) is 30.5. The van der Waals surface area contributed by atoms with E-state index in [9.17, 15) is 35.8 Å². The number of aliphatic carboxylic acids is 1. The predicted molar refractivity (Wildman–Crippen MR) is 244 cm³/mol. The van der Waals surface area contributed by atoms with E-state index < -0.39 is 42.8 Å². The molecule has 5 N–H and O–H groups in total. The summed E-state index contributed by atoms with van der Waals surface area (Å²) >= 11 is 1.88. The highest BCUT2D eigenvalue weighted by Crippen LogP contribution is 2.52. The average Bonchev–Trinajstić information content (AvgIpc) is 3.61. The summed E-state index contributed by atoms with van der Waals surface area (Å²) in [6.07, 6.45) is 14.7. The molecule has 0 amide bonds. The van der Waals surface area contributed by atoms with Gasteiger partial charge in [0.1, 0.15) is 0 Å². The van der Waals surface area contributed by atoms with E-state index in [1.807, 2.05) is 67.6 Å². The molecule has 2 heterocycles. The van der Waals surface area contributed by atoms with Crippen LogP contribution in [0.4, 0.5) is 11.4 Å². The Labute approximate surface area is 382 Å². The Bertz CT molecular complexity index is 2430. The molecule has 64 heavy (non-hydrogen) atoms. The van der Waals surface area contributed by atoms with Crippen LogP contribution in [0.1, 0.15) is 94.7 Å². The molecule has 0 spiro atoms. The lowest BCUT2D eigenvalue weighted by atomic mass is 9.75. The van der Waals surface area contributed by atoms with Gasteiger partial charge in [-0.15, -0.1) is 8.67 Å². The van der Waals surface area contributed by atoms with E-state index in [-0.39, 0.29) is 17.7 Å². The van der Waals surface area contributed by atoms with E-state index in [0.717, 1.165) is 71.6 Å². The SMILES string of the molecule is CC1(CCCCSOOO)C(/C=C/C=C/C=C2/N(CCCCCC(=O)O)c3ccc(S(=O)(=O)O)cc3C2(C)CCCCS(=O)(=O)O)=[N+](Cc2ccccc2)c2ccc(SOOO)cc21. The summed E-state index contributed by atoms with van der Waals surface area (Å²) in [5, 5.41) is 34.3. The van der Waals surface area contributed by atoms with Crippen LogP contribution in [0.2, 0.25) is 0 Å². The van der Waals surface area contributed by atoms with E-state index in [1.54, 1.807) is 6.07 Å². The largest absolute Gasteiger partial charge is 0.481 e. The van der Waals surface area contributed by atoms with Crippen LogP contribution in [0.3, 0.4) is 0 Å². The number of unbranched alkanes of at least 4 members (excludes halogenated alkanes) is 4. The Kier molecular flexibility index (Phi) is 18.8. The smallest absolute Gasteiger partial charge is 0.303 e. The van der Waals surface area contributed by atoms with Crippen LogP contribution in [0.25, 0.3) is 0 Å². The van der Waals surface area contributed by atoms with Crippen LogP contribution in [-0.4, -0.2) is 75.9 Å². The van der Waals surface area contributed by atoms with Crippen molar-refractivity contribution in [2.45, 2.75) is 105 Å². The molecule has 348 valence electrons. The first-order valence-electron chi connectivity index (χ1n) is 20.7. The van der Waals surface area contributed by atoms with Gasteiger partial charge in [-0.25, -0.2) is 10.5 Å². The molecule has 0 radical (unpaired) electrons. The van der Waals surface area contributed by atoms with Crippen molar-refractivity contribution in [1.29, 1.82) is 0 Å². The van der Waals surface area contributed by atoms with Crippen LogP contribution < -0.4 is 4.90 Å². The van der Waals surface area contributed by atoms with Gasteiger partial charge < -0.3 is 10.0 Å². The third kappa shape index (κ3) is 13.6. The van der Waals surface area contributed by atoms with Crippen molar-refractivity contribution in [1.82, 2.24) is 0 Å². The van der Waals surface area contributed by atoms with Gasteiger partial charge in [0.05, 0.1) is 28.1 Å². The monoisotopic (exact) mass is 963 g/mol. The van der Waals surface area contributed by atoms with Gasteiger partial charge >= 0.3 is 5.97 Å². The van der Waals surface area contributed by atoms with Gasteiger partial charge in [0, 0.05) is 75.7 Å². The molecule has 3 aromatic carbocycles. The molecule has 20 heteroatoms. The van der Waals surface area contributed by atoms with Gasteiger partial charge in [-0.05, 0) is 94.3 Å². The van der Waals surface area contributed by atoms with Crippen molar-refractivity contribution < 1.29 is 69.7 Å². The van der Waals surface area contributed by atoms with Crippen LogP contribution in [-0.2, 0) is 61.1 Å². The van der Waals surface area contributed by atoms with Crippen molar-refractivity contribution in [2.75, 3.05) is 23.0 Å². The van der Waals surface area contributed by atoms with Gasteiger partial charge in [-0.3, -0.25) is 13.9 Å². The summed E-state index contributed by atoms with van der Waals surface area (Å²) in [7, 11) is -8.78. The van der Waals surface area contributed by atoms with E-state index in [4.69, 9.17) is 14.8 Å². The number of benzene rings is 3. The molecular formula is C44H55N2O14S4+. The molecule has 3 aromatic rings. The third-order valence-corrected chi connectivity index (χ3v) is 14.5. The number of carboxylic acids is 1. The summed E-state index contributed by atoms with van der Waals surface area (Å²) in [5.74, 6) is -0.732. The average molecular weight is 964 g/mol. The number of anilines is 1. The highest BCUT2D eigenvalue weighted by atomic mass is 32.2. The molecular weight excluding hydrogens is 909 g/mol.